The molecule has 0 aliphatic carbocycles. The normalized spacial score (nSPS) is 10.9. The van der Waals surface area contributed by atoms with Crippen LogP contribution in [-0.2, 0) is 9.53 Å². The van der Waals surface area contributed by atoms with Crippen LogP contribution in [0.2, 0.25) is 0 Å². The molecule has 6 heteroatoms. The molecule has 136 valence electrons. The van der Waals surface area contributed by atoms with Gasteiger partial charge in [0.25, 0.3) is 0 Å². The number of hydrogen-bond acceptors (Lipinski definition) is 5. The summed E-state index contributed by atoms with van der Waals surface area (Å²) < 4.78 is 4.99. The number of nitrogens with two attached hydrogens (primary N) is 1. The second kappa shape index (κ2) is 8.14. The van der Waals surface area contributed by atoms with Crippen molar-refractivity contribution in [2.45, 2.75) is 6.92 Å². The minimum atomic E-state index is -0.523. The van der Waals surface area contributed by atoms with Crippen LogP contribution in [0.25, 0.3) is 17.0 Å². The van der Waals surface area contributed by atoms with Gasteiger partial charge in [-0.05, 0) is 36.8 Å². The molecule has 1 heterocycles. The number of nitrogens with zero attached hydrogens (tertiary/aromatic N) is 1. The van der Waals surface area contributed by atoms with Crippen molar-refractivity contribution in [3.63, 3.8) is 0 Å². The summed E-state index contributed by atoms with van der Waals surface area (Å²) in [7, 11) is 0. The number of carbonyl (C=O) groups is 2. The summed E-state index contributed by atoms with van der Waals surface area (Å²) in [5.74, 6) is -0.795. The quantitative estimate of drug-likeness (QED) is 0.534. The fourth-order valence-corrected chi connectivity index (χ4v) is 2.58. The Balaban J connectivity index is 1.83. The zero-order chi connectivity index (χ0) is 19.2. The molecule has 0 radical (unpaired) electrons. The molecule has 0 saturated carbocycles. The van der Waals surface area contributed by atoms with Crippen LogP contribution in [0.3, 0.4) is 0 Å². The van der Waals surface area contributed by atoms with Gasteiger partial charge >= 0.3 is 5.97 Å². The second-order valence-corrected chi connectivity index (χ2v) is 5.77. The monoisotopic (exact) mass is 361 g/mol. The number of pyridine rings is 1. The van der Waals surface area contributed by atoms with Crippen LogP contribution in [0.4, 0.5) is 11.4 Å². The maximum atomic E-state index is 12.1. The van der Waals surface area contributed by atoms with Crippen molar-refractivity contribution in [3.05, 3.63) is 71.9 Å². The Morgan fingerprint density at radius 1 is 1.19 bits per heavy atom. The first-order valence-electron chi connectivity index (χ1n) is 8.48. The zero-order valence-electron chi connectivity index (χ0n) is 14.8. The fourth-order valence-electron chi connectivity index (χ4n) is 2.58. The summed E-state index contributed by atoms with van der Waals surface area (Å²) in [4.78, 5) is 28.4. The topological polar surface area (TPSA) is 94.3 Å². The molecule has 0 spiro atoms. The Bertz CT molecular complexity index is 1010. The van der Waals surface area contributed by atoms with Crippen LogP contribution >= 0.6 is 0 Å². The molecule has 3 rings (SSSR count). The highest BCUT2D eigenvalue weighted by atomic mass is 16.5. The Kier molecular flexibility index (Phi) is 5.47. The summed E-state index contributed by atoms with van der Waals surface area (Å²) in [5, 5.41) is 3.35. The minimum absolute atomic E-state index is 0.205. The van der Waals surface area contributed by atoms with E-state index >= 15 is 0 Å². The number of aromatic nitrogens is 1. The van der Waals surface area contributed by atoms with E-state index in [1.54, 1.807) is 31.2 Å². The van der Waals surface area contributed by atoms with Gasteiger partial charge in [-0.3, -0.25) is 9.78 Å². The average molecular weight is 361 g/mol. The molecule has 2 aromatic carbocycles. The van der Waals surface area contributed by atoms with E-state index in [2.05, 4.69) is 10.3 Å². The van der Waals surface area contributed by atoms with Crippen LogP contribution in [-0.4, -0.2) is 23.5 Å². The van der Waals surface area contributed by atoms with Gasteiger partial charge in [0.2, 0.25) is 5.91 Å². The summed E-state index contributed by atoms with van der Waals surface area (Å²) >= 11 is 0. The van der Waals surface area contributed by atoms with Gasteiger partial charge in [-0.1, -0.05) is 30.3 Å². The highest BCUT2D eigenvalue weighted by Gasteiger charge is 2.14. The van der Waals surface area contributed by atoms with Gasteiger partial charge in [0.05, 0.1) is 17.8 Å². The molecule has 0 unspecified atom stereocenters. The van der Waals surface area contributed by atoms with Gasteiger partial charge in [-0.2, -0.15) is 0 Å². The minimum Gasteiger partial charge on any atom is -0.462 e. The number of anilines is 2. The van der Waals surface area contributed by atoms with Crippen molar-refractivity contribution in [2.24, 2.45) is 0 Å². The molecular formula is C21H19N3O3. The van der Waals surface area contributed by atoms with E-state index in [4.69, 9.17) is 10.5 Å². The van der Waals surface area contributed by atoms with Gasteiger partial charge in [0.15, 0.2) is 0 Å². The molecule has 0 atom stereocenters. The fraction of sp³-hybridized carbons (Fsp3) is 0.0952. The van der Waals surface area contributed by atoms with Crippen molar-refractivity contribution in [3.8, 4) is 0 Å². The number of ether oxygens (including phenoxy) is 1. The third-order valence-corrected chi connectivity index (χ3v) is 3.90. The van der Waals surface area contributed by atoms with E-state index < -0.39 is 5.97 Å². The maximum Gasteiger partial charge on any atom is 0.341 e. The summed E-state index contributed by atoms with van der Waals surface area (Å²) in [6.45, 7) is 1.97. The Hall–Kier alpha value is -3.67. The van der Waals surface area contributed by atoms with Crippen molar-refractivity contribution in [2.75, 3.05) is 17.7 Å². The molecule has 27 heavy (non-hydrogen) atoms. The standard InChI is InChI=1S/C21H19N3O3/c1-2-27-21(26)17-13-23-18-10-9-15(12-16(18)20(17)22)24-19(25)11-8-14-6-4-3-5-7-14/h3-13H,2H2,1H3,(H2,22,23)(H,24,25)/b11-8+. The molecule has 0 aliphatic heterocycles. The van der Waals surface area contributed by atoms with Gasteiger partial charge in [0.1, 0.15) is 5.56 Å². The highest BCUT2D eigenvalue weighted by Crippen LogP contribution is 2.26. The number of rotatable bonds is 5. The predicted molar refractivity (Wildman–Crippen MR) is 106 cm³/mol. The van der Waals surface area contributed by atoms with Crippen molar-refractivity contribution in [1.29, 1.82) is 0 Å². The van der Waals surface area contributed by atoms with E-state index in [0.717, 1.165) is 5.56 Å². The van der Waals surface area contributed by atoms with Crippen LogP contribution in [0, 0.1) is 0 Å². The lowest BCUT2D eigenvalue weighted by Gasteiger charge is -2.09. The molecule has 1 amide bonds. The number of hydrogen-bond donors (Lipinski definition) is 2. The molecule has 3 aromatic rings. The largest absolute Gasteiger partial charge is 0.462 e. The molecule has 1 aromatic heterocycles. The lowest BCUT2D eigenvalue weighted by Crippen LogP contribution is -2.10. The van der Waals surface area contributed by atoms with Crippen molar-refractivity contribution in [1.82, 2.24) is 4.98 Å². The summed E-state index contributed by atoms with van der Waals surface area (Å²) in [5.41, 5.74) is 8.70. The van der Waals surface area contributed by atoms with Crippen LogP contribution in [0.15, 0.2) is 60.8 Å². The lowest BCUT2D eigenvalue weighted by atomic mass is 10.1. The van der Waals surface area contributed by atoms with Crippen LogP contribution in [0.1, 0.15) is 22.8 Å². The SMILES string of the molecule is CCOC(=O)c1cnc2ccc(NC(=O)/C=C/c3ccccc3)cc2c1N. The first-order chi connectivity index (χ1) is 13.1. The summed E-state index contributed by atoms with van der Waals surface area (Å²) in [6, 6.07) is 14.7. The number of amides is 1. The Labute approximate surface area is 156 Å². The van der Waals surface area contributed by atoms with Crippen molar-refractivity contribution >= 4 is 40.2 Å². The third-order valence-electron chi connectivity index (χ3n) is 3.90. The van der Waals surface area contributed by atoms with E-state index in [-0.39, 0.29) is 23.8 Å². The molecular weight excluding hydrogens is 342 g/mol. The smallest absolute Gasteiger partial charge is 0.341 e. The van der Waals surface area contributed by atoms with E-state index in [1.807, 2.05) is 30.3 Å². The number of nitrogen functional groups attached to an aromatic ring is 1. The van der Waals surface area contributed by atoms with Gasteiger partial charge in [-0.15, -0.1) is 0 Å². The summed E-state index contributed by atoms with van der Waals surface area (Å²) in [6.07, 6.45) is 4.58. The average Bonchev–Trinajstić information content (AvgIpc) is 2.68. The molecule has 6 nitrogen and oxygen atoms in total. The lowest BCUT2D eigenvalue weighted by molar-refractivity contribution is -0.111. The van der Waals surface area contributed by atoms with Gasteiger partial charge < -0.3 is 15.8 Å². The van der Waals surface area contributed by atoms with Crippen LogP contribution < -0.4 is 11.1 Å². The number of fused-ring (bicyclic) bond motifs is 1. The molecule has 0 bridgehead atoms. The predicted octanol–water partition coefficient (Wildman–Crippen LogP) is 3.65. The molecule has 0 aliphatic rings. The van der Waals surface area contributed by atoms with E-state index in [9.17, 15) is 9.59 Å². The molecule has 0 fully saturated rings. The van der Waals surface area contributed by atoms with Crippen molar-refractivity contribution < 1.29 is 14.3 Å². The zero-order valence-corrected chi connectivity index (χ0v) is 14.8. The highest BCUT2D eigenvalue weighted by molar-refractivity contribution is 6.07. The number of esters is 1. The Morgan fingerprint density at radius 2 is 1.96 bits per heavy atom. The molecule has 3 N–H and O–H groups in total. The first-order valence-corrected chi connectivity index (χ1v) is 8.48. The Morgan fingerprint density at radius 3 is 2.70 bits per heavy atom. The molecule has 0 saturated heterocycles. The van der Waals surface area contributed by atoms with Gasteiger partial charge in [0, 0.05) is 23.3 Å². The number of benzene rings is 2. The first kappa shape index (κ1) is 18.1. The second-order valence-electron chi connectivity index (χ2n) is 5.77. The third kappa shape index (κ3) is 4.30. The van der Waals surface area contributed by atoms with Crippen LogP contribution in [0.5, 0.6) is 0 Å². The van der Waals surface area contributed by atoms with E-state index in [1.165, 1.54) is 12.3 Å². The van der Waals surface area contributed by atoms with E-state index in [0.29, 0.717) is 16.6 Å². The maximum absolute atomic E-state index is 12.1. The number of nitrogens with one attached hydrogen (secondary N) is 1. The van der Waals surface area contributed by atoms with Gasteiger partial charge in [-0.25, -0.2) is 4.79 Å². The number of carbonyl (C=O) groups excluding carboxylic acids is 2.